The van der Waals surface area contributed by atoms with E-state index >= 15 is 0 Å². The third-order valence-electron chi connectivity index (χ3n) is 3.70. The monoisotopic (exact) mass is 284 g/mol. The maximum Gasteiger partial charge on any atom is 0.254 e. The van der Waals surface area contributed by atoms with Gasteiger partial charge in [0.2, 0.25) is 0 Å². The quantitative estimate of drug-likeness (QED) is 0.897. The van der Waals surface area contributed by atoms with Gasteiger partial charge in [-0.05, 0) is 43.5 Å². The van der Waals surface area contributed by atoms with Crippen LogP contribution in [0.25, 0.3) is 0 Å². The molecular formula is C14H18ClFN2O. The molecule has 1 saturated carbocycles. The van der Waals surface area contributed by atoms with Crippen LogP contribution >= 0.6 is 11.6 Å². The Balaban J connectivity index is 2.09. The van der Waals surface area contributed by atoms with Crippen molar-refractivity contribution in [1.82, 2.24) is 5.32 Å². The van der Waals surface area contributed by atoms with Crippen LogP contribution < -0.4 is 11.1 Å². The smallest absolute Gasteiger partial charge is 0.254 e. The molecule has 1 aromatic rings. The Kier molecular flexibility index (Phi) is 4.77. The van der Waals surface area contributed by atoms with Gasteiger partial charge in [0.05, 0.1) is 5.56 Å². The largest absolute Gasteiger partial charge is 0.349 e. The first kappa shape index (κ1) is 14.3. The first-order valence-corrected chi connectivity index (χ1v) is 6.95. The number of nitrogens with two attached hydrogens (primary N) is 1. The van der Waals surface area contributed by atoms with E-state index in [1.165, 1.54) is 18.2 Å². The van der Waals surface area contributed by atoms with Gasteiger partial charge >= 0.3 is 0 Å². The molecule has 1 amide bonds. The topological polar surface area (TPSA) is 55.1 Å². The number of rotatable bonds is 3. The lowest BCUT2D eigenvalue weighted by Gasteiger charge is -2.31. The SMILES string of the molecule is NCC1CCCCC1NC(=O)c1cc(Cl)ccc1F. The van der Waals surface area contributed by atoms with Gasteiger partial charge in [0.15, 0.2) is 0 Å². The van der Waals surface area contributed by atoms with Gasteiger partial charge in [0, 0.05) is 11.1 Å². The molecule has 0 aliphatic heterocycles. The van der Waals surface area contributed by atoms with Crippen LogP contribution in [0.4, 0.5) is 4.39 Å². The van der Waals surface area contributed by atoms with Gasteiger partial charge in [-0.1, -0.05) is 24.4 Å². The summed E-state index contributed by atoms with van der Waals surface area (Å²) in [6.45, 7) is 0.545. The summed E-state index contributed by atoms with van der Waals surface area (Å²) in [7, 11) is 0. The Morgan fingerprint density at radius 3 is 2.89 bits per heavy atom. The van der Waals surface area contributed by atoms with Crippen LogP contribution in [0.2, 0.25) is 5.02 Å². The van der Waals surface area contributed by atoms with E-state index in [1.807, 2.05) is 0 Å². The second-order valence-corrected chi connectivity index (χ2v) is 5.42. The predicted octanol–water partition coefficient (Wildman–Crippen LogP) is 2.73. The molecule has 3 N–H and O–H groups in total. The number of carbonyl (C=O) groups is 1. The van der Waals surface area contributed by atoms with Crippen molar-refractivity contribution in [3.8, 4) is 0 Å². The van der Waals surface area contributed by atoms with E-state index in [4.69, 9.17) is 17.3 Å². The third kappa shape index (κ3) is 3.45. The standard InChI is InChI=1S/C14H18ClFN2O/c15-10-5-6-12(16)11(7-10)14(19)18-13-4-2-1-3-9(13)8-17/h5-7,9,13H,1-4,8,17H2,(H,18,19). The molecule has 1 fully saturated rings. The zero-order valence-electron chi connectivity index (χ0n) is 10.7. The van der Waals surface area contributed by atoms with Crippen molar-refractivity contribution in [3.63, 3.8) is 0 Å². The average Bonchev–Trinajstić information content (AvgIpc) is 2.42. The average molecular weight is 285 g/mol. The van der Waals surface area contributed by atoms with Crippen molar-refractivity contribution in [2.75, 3.05) is 6.54 Å². The van der Waals surface area contributed by atoms with Crippen molar-refractivity contribution in [2.45, 2.75) is 31.7 Å². The van der Waals surface area contributed by atoms with E-state index < -0.39 is 11.7 Å². The van der Waals surface area contributed by atoms with Crippen LogP contribution in [-0.2, 0) is 0 Å². The fraction of sp³-hybridized carbons (Fsp3) is 0.500. The number of amides is 1. The molecule has 1 aliphatic carbocycles. The van der Waals surface area contributed by atoms with Gasteiger partial charge in [-0.3, -0.25) is 4.79 Å². The Morgan fingerprint density at radius 1 is 1.42 bits per heavy atom. The molecule has 0 radical (unpaired) electrons. The van der Waals surface area contributed by atoms with E-state index in [9.17, 15) is 9.18 Å². The minimum Gasteiger partial charge on any atom is -0.349 e. The number of benzene rings is 1. The van der Waals surface area contributed by atoms with Gasteiger partial charge < -0.3 is 11.1 Å². The van der Waals surface area contributed by atoms with Gasteiger partial charge in [-0.2, -0.15) is 0 Å². The first-order valence-electron chi connectivity index (χ1n) is 6.58. The highest BCUT2D eigenvalue weighted by molar-refractivity contribution is 6.31. The lowest BCUT2D eigenvalue weighted by molar-refractivity contribution is 0.0904. The van der Waals surface area contributed by atoms with E-state index in [0.717, 1.165) is 25.7 Å². The highest BCUT2D eigenvalue weighted by Gasteiger charge is 2.26. The van der Waals surface area contributed by atoms with Gasteiger partial charge in [-0.25, -0.2) is 4.39 Å². The molecule has 0 spiro atoms. The van der Waals surface area contributed by atoms with Crippen LogP contribution in [0.3, 0.4) is 0 Å². The fourth-order valence-electron chi connectivity index (χ4n) is 2.60. The number of hydrogen-bond donors (Lipinski definition) is 2. The first-order chi connectivity index (χ1) is 9.11. The number of halogens is 2. The number of carbonyl (C=O) groups excluding carboxylic acids is 1. The van der Waals surface area contributed by atoms with Crippen molar-refractivity contribution in [2.24, 2.45) is 11.7 Å². The van der Waals surface area contributed by atoms with Crippen LogP contribution in [0.5, 0.6) is 0 Å². The predicted molar refractivity (Wildman–Crippen MR) is 73.7 cm³/mol. The fourth-order valence-corrected chi connectivity index (χ4v) is 2.77. The van der Waals surface area contributed by atoms with Gasteiger partial charge in [0.1, 0.15) is 5.82 Å². The molecule has 2 atom stereocenters. The molecular weight excluding hydrogens is 267 g/mol. The lowest BCUT2D eigenvalue weighted by atomic mass is 9.84. The van der Waals surface area contributed by atoms with Gasteiger partial charge in [-0.15, -0.1) is 0 Å². The van der Waals surface area contributed by atoms with E-state index in [-0.39, 0.29) is 17.5 Å². The van der Waals surface area contributed by atoms with Crippen LogP contribution in [-0.4, -0.2) is 18.5 Å². The maximum absolute atomic E-state index is 13.6. The summed E-state index contributed by atoms with van der Waals surface area (Å²) >= 11 is 5.79. The second kappa shape index (κ2) is 6.35. The number of nitrogens with one attached hydrogen (secondary N) is 1. The van der Waals surface area contributed by atoms with Crippen LogP contribution in [0.15, 0.2) is 18.2 Å². The van der Waals surface area contributed by atoms with Crippen LogP contribution in [0.1, 0.15) is 36.0 Å². The Hall–Kier alpha value is -1.13. The summed E-state index contributed by atoms with van der Waals surface area (Å²) in [4.78, 5) is 12.1. The molecule has 2 rings (SSSR count). The van der Waals surface area contributed by atoms with Crippen molar-refractivity contribution < 1.29 is 9.18 Å². The minimum absolute atomic E-state index is 0.00570. The Labute approximate surface area is 117 Å². The van der Waals surface area contributed by atoms with E-state index in [2.05, 4.69) is 5.32 Å². The van der Waals surface area contributed by atoms with E-state index in [1.54, 1.807) is 0 Å². The summed E-state index contributed by atoms with van der Waals surface area (Å²) < 4.78 is 13.6. The maximum atomic E-state index is 13.6. The third-order valence-corrected chi connectivity index (χ3v) is 3.94. The molecule has 104 valence electrons. The summed E-state index contributed by atoms with van der Waals surface area (Å²) in [6, 6.07) is 4.02. The van der Waals surface area contributed by atoms with Gasteiger partial charge in [0.25, 0.3) is 5.91 Å². The molecule has 5 heteroatoms. The molecule has 0 aromatic heterocycles. The lowest BCUT2D eigenvalue weighted by Crippen LogP contribution is -2.44. The van der Waals surface area contributed by atoms with Crippen molar-refractivity contribution >= 4 is 17.5 Å². The zero-order chi connectivity index (χ0) is 13.8. The normalized spacial score (nSPS) is 23.1. The highest BCUT2D eigenvalue weighted by atomic mass is 35.5. The molecule has 0 bridgehead atoms. The zero-order valence-corrected chi connectivity index (χ0v) is 11.4. The molecule has 2 unspecified atom stereocenters. The Morgan fingerprint density at radius 2 is 2.16 bits per heavy atom. The summed E-state index contributed by atoms with van der Waals surface area (Å²) in [5.41, 5.74) is 5.71. The molecule has 1 aromatic carbocycles. The Bertz CT molecular complexity index is 467. The minimum atomic E-state index is -0.554. The summed E-state index contributed by atoms with van der Waals surface area (Å²) in [6.07, 6.45) is 4.12. The molecule has 1 aliphatic rings. The highest BCUT2D eigenvalue weighted by Crippen LogP contribution is 2.24. The van der Waals surface area contributed by atoms with E-state index in [0.29, 0.717) is 11.6 Å². The number of hydrogen-bond acceptors (Lipinski definition) is 2. The molecule has 0 saturated heterocycles. The van der Waals surface area contributed by atoms with Crippen LogP contribution in [0, 0.1) is 11.7 Å². The molecule has 19 heavy (non-hydrogen) atoms. The molecule has 3 nitrogen and oxygen atoms in total. The van der Waals surface area contributed by atoms with Crippen molar-refractivity contribution in [3.05, 3.63) is 34.6 Å². The van der Waals surface area contributed by atoms with Crippen molar-refractivity contribution in [1.29, 1.82) is 0 Å². The summed E-state index contributed by atoms with van der Waals surface area (Å²) in [5, 5.41) is 3.24. The second-order valence-electron chi connectivity index (χ2n) is 4.98. The summed E-state index contributed by atoms with van der Waals surface area (Å²) in [5.74, 6) is -0.688. The molecule has 0 heterocycles.